The van der Waals surface area contributed by atoms with E-state index in [2.05, 4.69) is 17.2 Å². The number of amides is 3. The monoisotopic (exact) mass is 387 g/mol. The number of H-pyrrole nitrogens is 1. The van der Waals surface area contributed by atoms with Crippen molar-refractivity contribution in [3.63, 3.8) is 0 Å². The number of rotatable bonds is 4. The minimum absolute atomic E-state index is 0.253. The lowest BCUT2D eigenvalue weighted by molar-refractivity contribution is -0.131. The van der Waals surface area contributed by atoms with E-state index in [0.717, 1.165) is 45.3 Å². The molecule has 0 unspecified atom stereocenters. The number of aromatic nitrogens is 1. The molecule has 2 N–H and O–H groups in total. The van der Waals surface area contributed by atoms with Gasteiger partial charge in [0.25, 0.3) is 5.91 Å². The molecule has 29 heavy (non-hydrogen) atoms. The number of urea groups is 1. The van der Waals surface area contributed by atoms with Crippen molar-refractivity contribution in [2.45, 2.75) is 31.7 Å². The van der Waals surface area contributed by atoms with Crippen molar-refractivity contribution in [1.82, 2.24) is 15.2 Å². The van der Waals surface area contributed by atoms with Crippen LogP contribution in [0.15, 0.2) is 48.7 Å². The summed E-state index contributed by atoms with van der Waals surface area (Å²) in [6.07, 6.45) is 3.77. The zero-order valence-electron chi connectivity index (χ0n) is 16.1. The number of Topliss-reactive ketones (excluding diaryl/α,β-unsaturated/α-hetero) is 1. The van der Waals surface area contributed by atoms with E-state index in [4.69, 9.17) is 0 Å². The molecule has 146 valence electrons. The van der Waals surface area contributed by atoms with Crippen molar-refractivity contribution >= 4 is 28.6 Å². The third kappa shape index (κ3) is 2.45. The molecule has 0 saturated carbocycles. The molecule has 1 aliphatic carbocycles. The van der Waals surface area contributed by atoms with Crippen LogP contribution in [0.3, 0.4) is 0 Å². The Morgan fingerprint density at radius 2 is 1.97 bits per heavy atom. The zero-order chi connectivity index (χ0) is 20.2. The van der Waals surface area contributed by atoms with Crippen molar-refractivity contribution in [1.29, 1.82) is 0 Å². The molecule has 1 spiro atoms. The van der Waals surface area contributed by atoms with Gasteiger partial charge in [-0.05, 0) is 36.0 Å². The average molecular weight is 387 g/mol. The molecule has 1 fully saturated rings. The van der Waals surface area contributed by atoms with Crippen LogP contribution in [0, 0.1) is 0 Å². The fourth-order valence-electron chi connectivity index (χ4n) is 4.70. The smallest absolute Gasteiger partial charge is 0.325 e. The number of nitrogens with zero attached hydrogens (tertiary/aromatic N) is 1. The first kappa shape index (κ1) is 17.7. The quantitative estimate of drug-likeness (QED) is 0.532. The Labute approximate surface area is 167 Å². The summed E-state index contributed by atoms with van der Waals surface area (Å²) in [4.78, 5) is 43.2. The predicted octanol–water partition coefficient (Wildman–Crippen LogP) is 3.31. The standard InChI is InChI=1S/C23H21N3O3/c1-2-14-7-5-8-16-17(12-24-20(14)16)19(27)13-26-21(28)23(25-22(26)29)11-10-15-6-3-4-9-18(15)23/h3-9,12,24H,2,10-11,13H2,1H3,(H,25,29)/t23-/m1/s1. The number of imide groups is 1. The SMILES string of the molecule is CCc1cccc2c(C(=O)CN3C(=O)N[C@@]4(CCc5ccccc54)C3=O)c[nH]c12. The van der Waals surface area contributed by atoms with Gasteiger partial charge in [-0.1, -0.05) is 49.4 Å². The highest BCUT2D eigenvalue weighted by molar-refractivity contribution is 6.15. The highest BCUT2D eigenvalue weighted by atomic mass is 16.2. The summed E-state index contributed by atoms with van der Waals surface area (Å²) in [7, 11) is 0. The van der Waals surface area contributed by atoms with Crippen LogP contribution in [0.4, 0.5) is 4.79 Å². The molecule has 2 aliphatic rings. The molecule has 6 heteroatoms. The molecule has 0 bridgehead atoms. The van der Waals surface area contributed by atoms with Gasteiger partial charge in [0.1, 0.15) is 5.54 Å². The molecule has 2 aromatic carbocycles. The number of carbonyl (C=O) groups is 3. The summed E-state index contributed by atoms with van der Waals surface area (Å²) in [6.45, 7) is 1.79. The topological polar surface area (TPSA) is 82.3 Å². The molecular formula is C23H21N3O3. The highest BCUT2D eigenvalue weighted by Gasteiger charge is 2.55. The molecule has 1 saturated heterocycles. The fraction of sp³-hybridized carbons (Fsp3) is 0.261. The maximum Gasteiger partial charge on any atom is 0.325 e. The van der Waals surface area contributed by atoms with Gasteiger partial charge in [-0.15, -0.1) is 0 Å². The number of benzene rings is 2. The predicted molar refractivity (Wildman–Crippen MR) is 109 cm³/mol. The largest absolute Gasteiger partial charge is 0.360 e. The van der Waals surface area contributed by atoms with Gasteiger partial charge in [0.15, 0.2) is 5.78 Å². The van der Waals surface area contributed by atoms with E-state index in [0.29, 0.717) is 12.0 Å². The van der Waals surface area contributed by atoms with E-state index in [1.54, 1.807) is 6.20 Å². The lowest BCUT2D eigenvalue weighted by atomic mass is 9.92. The van der Waals surface area contributed by atoms with Gasteiger partial charge >= 0.3 is 6.03 Å². The normalized spacial score (nSPS) is 20.5. The number of hydrogen-bond acceptors (Lipinski definition) is 3. The van der Waals surface area contributed by atoms with E-state index in [9.17, 15) is 14.4 Å². The van der Waals surface area contributed by atoms with Crippen LogP contribution in [-0.2, 0) is 23.2 Å². The summed E-state index contributed by atoms with van der Waals surface area (Å²) in [5.74, 6) is -0.591. The number of para-hydroxylation sites is 1. The van der Waals surface area contributed by atoms with E-state index >= 15 is 0 Å². The first-order valence-electron chi connectivity index (χ1n) is 9.90. The van der Waals surface area contributed by atoms with Gasteiger partial charge < -0.3 is 10.3 Å². The highest BCUT2D eigenvalue weighted by Crippen LogP contribution is 2.41. The number of fused-ring (bicyclic) bond motifs is 3. The van der Waals surface area contributed by atoms with Crippen molar-refractivity contribution in [3.05, 3.63) is 70.9 Å². The van der Waals surface area contributed by atoms with Gasteiger partial charge in [-0.25, -0.2) is 4.79 Å². The Kier molecular flexibility index (Phi) is 3.84. The molecular weight excluding hydrogens is 366 g/mol. The van der Waals surface area contributed by atoms with Gasteiger partial charge in [0.2, 0.25) is 0 Å². The van der Waals surface area contributed by atoms with E-state index in [1.807, 2.05) is 42.5 Å². The number of hydrogen-bond donors (Lipinski definition) is 2. The second kappa shape index (κ2) is 6.30. The Balaban J connectivity index is 1.45. The second-order valence-corrected chi connectivity index (χ2v) is 7.70. The minimum atomic E-state index is -1.04. The molecule has 1 atom stereocenters. The van der Waals surface area contributed by atoms with Gasteiger partial charge in [0, 0.05) is 22.7 Å². The number of carbonyl (C=O) groups excluding carboxylic acids is 3. The van der Waals surface area contributed by atoms with Gasteiger partial charge in [0.05, 0.1) is 6.54 Å². The van der Waals surface area contributed by atoms with Crippen LogP contribution in [0.2, 0.25) is 0 Å². The van der Waals surface area contributed by atoms with Gasteiger partial charge in [-0.2, -0.15) is 0 Å². The maximum atomic E-state index is 13.3. The molecule has 5 rings (SSSR count). The van der Waals surface area contributed by atoms with Crippen molar-refractivity contribution in [2.75, 3.05) is 6.54 Å². The molecule has 1 aromatic heterocycles. The molecule has 1 aliphatic heterocycles. The summed E-state index contributed by atoms with van der Waals surface area (Å²) < 4.78 is 0. The van der Waals surface area contributed by atoms with Crippen molar-refractivity contribution in [2.24, 2.45) is 0 Å². The van der Waals surface area contributed by atoms with Crippen molar-refractivity contribution in [3.8, 4) is 0 Å². The lowest BCUT2D eigenvalue weighted by Gasteiger charge is -2.22. The summed E-state index contributed by atoms with van der Waals surface area (Å²) >= 11 is 0. The van der Waals surface area contributed by atoms with Crippen LogP contribution >= 0.6 is 0 Å². The Morgan fingerprint density at radius 3 is 2.79 bits per heavy atom. The first-order valence-corrected chi connectivity index (χ1v) is 9.90. The Morgan fingerprint density at radius 1 is 1.14 bits per heavy atom. The van der Waals surface area contributed by atoms with E-state index in [-0.39, 0.29) is 18.2 Å². The zero-order valence-corrected chi connectivity index (χ0v) is 16.1. The Bertz CT molecular complexity index is 1180. The van der Waals surface area contributed by atoms with E-state index < -0.39 is 11.6 Å². The third-order valence-electron chi connectivity index (χ3n) is 6.21. The average Bonchev–Trinajstić information content (AvgIpc) is 3.39. The summed E-state index contributed by atoms with van der Waals surface area (Å²) in [5.41, 5.74) is 3.42. The molecule has 2 heterocycles. The van der Waals surface area contributed by atoms with Crippen LogP contribution in [0.1, 0.15) is 40.4 Å². The van der Waals surface area contributed by atoms with Crippen LogP contribution in [0.25, 0.3) is 10.9 Å². The number of ketones is 1. The van der Waals surface area contributed by atoms with Crippen LogP contribution in [-0.4, -0.2) is 34.2 Å². The number of aryl methyl sites for hydroxylation is 2. The molecule has 0 radical (unpaired) electrons. The minimum Gasteiger partial charge on any atom is -0.360 e. The maximum absolute atomic E-state index is 13.3. The summed E-state index contributed by atoms with van der Waals surface area (Å²) in [6, 6.07) is 13.0. The number of nitrogens with one attached hydrogen (secondary N) is 2. The lowest BCUT2D eigenvalue weighted by Crippen LogP contribution is -2.42. The van der Waals surface area contributed by atoms with Crippen LogP contribution < -0.4 is 5.32 Å². The van der Waals surface area contributed by atoms with Gasteiger partial charge in [-0.3, -0.25) is 14.5 Å². The van der Waals surface area contributed by atoms with E-state index in [1.165, 1.54) is 0 Å². The molecule has 3 amide bonds. The first-order chi connectivity index (χ1) is 14.0. The van der Waals surface area contributed by atoms with Crippen LogP contribution in [0.5, 0.6) is 0 Å². The third-order valence-corrected chi connectivity index (χ3v) is 6.21. The fourth-order valence-corrected chi connectivity index (χ4v) is 4.70. The van der Waals surface area contributed by atoms with Crippen molar-refractivity contribution < 1.29 is 14.4 Å². The molecule has 3 aromatic rings. The number of aromatic amines is 1. The Hall–Kier alpha value is -3.41. The second-order valence-electron chi connectivity index (χ2n) is 7.70. The molecule has 6 nitrogen and oxygen atoms in total. The summed E-state index contributed by atoms with van der Waals surface area (Å²) in [5, 5.41) is 3.69.